The van der Waals surface area contributed by atoms with E-state index in [1.807, 2.05) is 128 Å². The number of rotatable bonds is 7. The number of pyridine rings is 2. The Kier molecular flexibility index (Phi) is 8.34. The van der Waals surface area contributed by atoms with E-state index < -0.39 is 0 Å². The zero-order valence-electron chi connectivity index (χ0n) is 32.2. The van der Waals surface area contributed by atoms with Gasteiger partial charge in [0.05, 0.1) is 33.5 Å². The molecule has 0 atom stereocenters. The molecule has 4 heterocycles. The summed E-state index contributed by atoms with van der Waals surface area (Å²) in [5.74, 6) is -0.749. The molecule has 0 saturated carbocycles. The lowest BCUT2D eigenvalue weighted by Gasteiger charge is -2.24. The highest BCUT2D eigenvalue weighted by Gasteiger charge is 2.42. The van der Waals surface area contributed by atoms with Crippen LogP contribution in [0.25, 0.3) is 83.1 Å². The molecule has 0 bridgehead atoms. The molecule has 10 aromatic rings. The second-order valence-corrected chi connectivity index (χ2v) is 14.9. The molecule has 0 radical (unpaired) electrons. The summed E-state index contributed by atoms with van der Waals surface area (Å²) in [6.07, 6.45) is 7.31. The number of carbonyl (C=O) groups excluding carboxylic acids is 2. The largest absolute Gasteiger partial charge is 0.308 e. The Bertz CT molecular complexity index is 3120. The normalized spacial score (nSPS) is 12.4. The Morgan fingerprint density at radius 3 is 1.33 bits per heavy atom. The van der Waals surface area contributed by atoms with E-state index >= 15 is 9.59 Å². The summed E-state index contributed by atoms with van der Waals surface area (Å²) in [5, 5.41) is 2.03. The molecule has 0 aliphatic carbocycles. The highest BCUT2D eigenvalue weighted by atomic mass is 16.2. The number of hydrogen-bond donors (Lipinski definition) is 0. The zero-order valence-corrected chi connectivity index (χ0v) is 32.2. The number of imide groups is 1. The van der Waals surface area contributed by atoms with Gasteiger partial charge >= 0.3 is 0 Å². The van der Waals surface area contributed by atoms with Crippen LogP contribution in [0.4, 0.5) is 5.69 Å². The van der Waals surface area contributed by atoms with Gasteiger partial charge in [-0.3, -0.25) is 19.6 Å². The van der Waals surface area contributed by atoms with Crippen LogP contribution in [-0.2, 0) is 0 Å². The third-order valence-corrected chi connectivity index (χ3v) is 11.5. The van der Waals surface area contributed by atoms with Crippen molar-refractivity contribution >= 4 is 39.3 Å². The van der Waals surface area contributed by atoms with Gasteiger partial charge in [-0.1, -0.05) is 133 Å². The van der Waals surface area contributed by atoms with E-state index in [0.29, 0.717) is 22.5 Å². The van der Waals surface area contributed by atoms with Crippen molar-refractivity contribution in [1.29, 1.82) is 0 Å². The Labute approximate surface area is 346 Å². The Morgan fingerprint density at radius 1 is 0.367 bits per heavy atom. The van der Waals surface area contributed by atoms with Crippen molar-refractivity contribution in [1.82, 2.24) is 14.5 Å². The van der Waals surface area contributed by atoms with Gasteiger partial charge in [0.15, 0.2) is 0 Å². The van der Waals surface area contributed by atoms with Crippen molar-refractivity contribution in [2.75, 3.05) is 4.90 Å². The van der Waals surface area contributed by atoms with Crippen LogP contribution in [0.15, 0.2) is 207 Å². The molecular weight excluding hydrogens is 737 g/mol. The second-order valence-electron chi connectivity index (χ2n) is 14.9. The average molecular weight is 771 g/mol. The molecule has 0 spiro atoms. The molecule has 282 valence electrons. The quantitative estimate of drug-likeness (QED) is 0.151. The molecule has 7 aromatic carbocycles. The van der Waals surface area contributed by atoms with Crippen molar-refractivity contribution in [3.8, 4) is 61.3 Å². The molecule has 1 aliphatic heterocycles. The third-order valence-electron chi connectivity index (χ3n) is 11.5. The number of benzene rings is 7. The van der Waals surface area contributed by atoms with Gasteiger partial charge in [0, 0.05) is 57.8 Å². The molecule has 0 N–H and O–H groups in total. The first-order valence-electron chi connectivity index (χ1n) is 19.9. The molecule has 3 aromatic heterocycles. The fraction of sp³-hybridized carbons (Fsp3) is 0. The maximum absolute atomic E-state index is 15.6. The highest BCUT2D eigenvalue weighted by molar-refractivity contribution is 6.37. The first kappa shape index (κ1) is 35.0. The van der Waals surface area contributed by atoms with E-state index in [4.69, 9.17) is 0 Å². The van der Waals surface area contributed by atoms with Crippen molar-refractivity contribution < 1.29 is 9.59 Å². The Balaban J connectivity index is 1.18. The van der Waals surface area contributed by atoms with E-state index in [-0.39, 0.29) is 11.8 Å². The van der Waals surface area contributed by atoms with E-state index in [0.717, 1.165) is 77.4 Å². The highest BCUT2D eigenvalue weighted by Crippen LogP contribution is 2.48. The van der Waals surface area contributed by atoms with E-state index in [1.165, 1.54) is 4.90 Å². The molecule has 11 rings (SSSR count). The summed E-state index contributed by atoms with van der Waals surface area (Å²) >= 11 is 0. The number of fused-ring (bicyclic) bond motifs is 4. The van der Waals surface area contributed by atoms with Crippen LogP contribution >= 0.6 is 0 Å². The van der Waals surface area contributed by atoms with Crippen LogP contribution in [0.3, 0.4) is 0 Å². The number of aromatic nitrogens is 3. The van der Waals surface area contributed by atoms with E-state index in [9.17, 15) is 0 Å². The minimum absolute atomic E-state index is 0.351. The van der Waals surface area contributed by atoms with Gasteiger partial charge in [-0.25, -0.2) is 4.90 Å². The fourth-order valence-electron chi connectivity index (χ4n) is 8.90. The molecule has 60 heavy (non-hydrogen) atoms. The molecule has 0 saturated heterocycles. The van der Waals surface area contributed by atoms with Crippen LogP contribution in [0.1, 0.15) is 20.7 Å². The second kappa shape index (κ2) is 14.3. The maximum Gasteiger partial charge on any atom is 0.268 e. The zero-order chi connectivity index (χ0) is 40.2. The van der Waals surface area contributed by atoms with Gasteiger partial charge in [-0.05, 0) is 81.9 Å². The lowest BCUT2D eigenvalue weighted by Crippen LogP contribution is -2.30. The monoisotopic (exact) mass is 770 g/mol. The summed E-state index contributed by atoms with van der Waals surface area (Å²) in [5.41, 5.74) is 13.0. The van der Waals surface area contributed by atoms with Crippen molar-refractivity contribution in [3.63, 3.8) is 0 Å². The predicted molar refractivity (Wildman–Crippen MR) is 241 cm³/mol. The molecule has 6 heteroatoms. The number of hydrogen-bond acceptors (Lipinski definition) is 4. The molecule has 2 amide bonds. The van der Waals surface area contributed by atoms with Gasteiger partial charge in [-0.15, -0.1) is 0 Å². The SMILES string of the molecule is O=C1c2cccc(-n3c4cccc(-c5cccnc5)c4c4c(-c5cccnc5)cccc43)c2C(=O)N1c1c(-c2ccccc2)cc(-c2ccccc2)cc1-c1ccccc1. The van der Waals surface area contributed by atoms with Gasteiger partial charge in [0.1, 0.15) is 0 Å². The molecule has 6 nitrogen and oxygen atoms in total. The summed E-state index contributed by atoms with van der Waals surface area (Å²) in [4.78, 5) is 41.1. The molecule has 0 unspecified atom stereocenters. The summed E-state index contributed by atoms with van der Waals surface area (Å²) in [6, 6.07) is 60.5. The van der Waals surface area contributed by atoms with Crippen molar-refractivity contribution in [3.05, 3.63) is 218 Å². The lowest BCUT2D eigenvalue weighted by molar-refractivity contribution is 0.0926. The minimum atomic E-state index is -0.380. The summed E-state index contributed by atoms with van der Waals surface area (Å²) in [6.45, 7) is 0. The molecular formula is C54H34N4O2. The first-order chi connectivity index (χ1) is 29.7. The average Bonchev–Trinajstić information content (AvgIpc) is 3.80. The smallest absolute Gasteiger partial charge is 0.268 e. The van der Waals surface area contributed by atoms with Crippen LogP contribution in [0.5, 0.6) is 0 Å². The number of amides is 2. The first-order valence-corrected chi connectivity index (χ1v) is 19.9. The standard InChI is InChI=1S/C54H34N4O2/c59-53-43-25-12-28-48(57-46-26-10-23-41(38-21-13-29-55-33-38)49(46)50-42(24-11-27-47(50)57)39-22-14-30-56-34-39)51(43)54(60)58(53)52-44(36-17-6-2-7-18-36)31-40(35-15-4-1-5-16-35)32-45(52)37-19-8-3-9-20-37/h1-34H. The van der Waals surface area contributed by atoms with Crippen LogP contribution in [0.2, 0.25) is 0 Å². The predicted octanol–water partition coefficient (Wildman–Crippen LogP) is 12.7. The topological polar surface area (TPSA) is 68.1 Å². The Hall–Kier alpha value is -8.22. The minimum Gasteiger partial charge on any atom is -0.308 e. The van der Waals surface area contributed by atoms with Gasteiger partial charge in [0.2, 0.25) is 0 Å². The maximum atomic E-state index is 15.6. The number of anilines is 1. The van der Waals surface area contributed by atoms with Gasteiger partial charge < -0.3 is 4.57 Å². The van der Waals surface area contributed by atoms with Gasteiger partial charge in [-0.2, -0.15) is 0 Å². The van der Waals surface area contributed by atoms with Crippen LogP contribution in [-0.4, -0.2) is 26.3 Å². The Morgan fingerprint density at radius 2 is 0.833 bits per heavy atom. The number of nitrogens with zero attached hydrogens (tertiary/aromatic N) is 4. The molecule has 1 aliphatic rings. The van der Waals surface area contributed by atoms with E-state index in [2.05, 4.69) is 75.2 Å². The fourth-order valence-corrected chi connectivity index (χ4v) is 8.90. The van der Waals surface area contributed by atoms with Crippen LogP contribution in [0, 0.1) is 0 Å². The molecule has 0 fully saturated rings. The van der Waals surface area contributed by atoms with Crippen LogP contribution < -0.4 is 4.90 Å². The summed E-state index contributed by atoms with van der Waals surface area (Å²) in [7, 11) is 0. The van der Waals surface area contributed by atoms with Crippen molar-refractivity contribution in [2.45, 2.75) is 0 Å². The third kappa shape index (κ3) is 5.57. The van der Waals surface area contributed by atoms with E-state index in [1.54, 1.807) is 18.5 Å². The van der Waals surface area contributed by atoms with Gasteiger partial charge in [0.25, 0.3) is 11.8 Å². The van der Waals surface area contributed by atoms with Crippen molar-refractivity contribution in [2.24, 2.45) is 0 Å². The number of carbonyl (C=O) groups is 2. The lowest BCUT2D eigenvalue weighted by atomic mass is 9.90. The summed E-state index contributed by atoms with van der Waals surface area (Å²) < 4.78 is 2.15.